The molecule has 1 amide bonds. The minimum Gasteiger partial charge on any atom is -0.320 e. The van der Waals surface area contributed by atoms with E-state index in [4.69, 9.17) is 5.73 Å². The van der Waals surface area contributed by atoms with E-state index in [2.05, 4.69) is 15.3 Å². The van der Waals surface area contributed by atoms with E-state index in [1.165, 1.54) is 23.5 Å². The fraction of sp³-hybridized carbons (Fsp3) is 0.118. The smallest absolute Gasteiger partial charge is 0.242 e. The van der Waals surface area contributed by atoms with Crippen molar-refractivity contribution in [3.05, 3.63) is 66.4 Å². The minimum atomic E-state index is -0.720. The first-order chi connectivity index (χ1) is 11.6. The lowest BCUT2D eigenvalue weighted by molar-refractivity contribution is -0.117. The third-order valence-electron chi connectivity index (χ3n) is 3.39. The van der Waals surface area contributed by atoms with Gasteiger partial charge < -0.3 is 11.1 Å². The molecule has 24 heavy (non-hydrogen) atoms. The molecule has 0 saturated carbocycles. The van der Waals surface area contributed by atoms with Gasteiger partial charge >= 0.3 is 0 Å². The Morgan fingerprint density at radius 1 is 1.21 bits per heavy atom. The number of halogens is 1. The number of nitrogens with one attached hydrogen (secondary N) is 1. The number of hydrogen-bond acceptors (Lipinski definition) is 5. The highest BCUT2D eigenvalue weighted by Gasteiger charge is 2.16. The van der Waals surface area contributed by atoms with Crippen molar-refractivity contribution >= 4 is 22.2 Å². The second-order valence-electron chi connectivity index (χ2n) is 5.19. The Morgan fingerprint density at radius 3 is 2.62 bits per heavy atom. The normalized spacial score (nSPS) is 11.9. The number of rotatable bonds is 5. The Bertz CT molecular complexity index is 820. The van der Waals surface area contributed by atoms with Crippen LogP contribution < -0.4 is 11.1 Å². The molecule has 0 aliphatic carbocycles. The molecule has 2 heterocycles. The molecule has 122 valence electrons. The molecular weight excluding hydrogens is 327 g/mol. The van der Waals surface area contributed by atoms with Crippen LogP contribution >= 0.6 is 11.3 Å². The van der Waals surface area contributed by atoms with Crippen LogP contribution in [-0.2, 0) is 11.2 Å². The molecule has 2 aromatic heterocycles. The van der Waals surface area contributed by atoms with E-state index in [9.17, 15) is 9.18 Å². The van der Waals surface area contributed by atoms with Crippen molar-refractivity contribution in [1.29, 1.82) is 0 Å². The summed E-state index contributed by atoms with van der Waals surface area (Å²) in [6.07, 6.45) is 5.31. The van der Waals surface area contributed by atoms with Crippen molar-refractivity contribution in [1.82, 2.24) is 9.97 Å². The molecule has 0 bridgehead atoms. The molecule has 3 aromatic rings. The average Bonchev–Trinajstić information content (AvgIpc) is 3.06. The van der Waals surface area contributed by atoms with E-state index in [0.29, 0.717) is 11.4 Å². The summed E-state index contributed by atoms with van der Waals surface area (Å²) in [6, 6.07) is 8.93. The van der Waals surface area contributed by atoms with E-state index in [1.807, 2.05) is 12.1 Å². The lowest BCUT2D eigenvalue weighted by Gasteiger charge is -2.11. The first-order valence-corrected chi connectivity index (χ1v) is 8.10. The maximum atomic E-state index is 12.9. The second-order valence-corrected chi connectivity index (χ2v) is 6.22. The monoisotopic (exact) mass is 342 g/mol. The standard InChI is InChI=1S/C17H15FN4OS/c18-13-3-1-11(2-4-13)9-14(19)16(23)22-15-10-21-17(24-15)12-5-7-20-8-6-12/h1-8,10,14H,9,19H2,(H,22,23)/t14-/m0/s1. The van der Waals surface area contributed by atoms with Crippen LogP contribution in [0.4, 0.5) is 9.39 Å². The first-order valence-electron chi connectivity index (χ1n) is 7.29. The van der Waals surface area contributed by atoms with Gasteiger partial charge in [0.15, 0.2) is 0 Å². The summed E-state index contributed by atoms with van der Waals surface area (Å²) < 4.78 is 12.9. The summed E-state index contributed by atoms with van der Waals surface area (Å²) in [7, 11) is 0. The fourth-order valence-corrected chi connectivity index (χ4v) is 2.97. The van der Waals surface area contributed by atoms with Crippen LogP contribution in [0.5, 0.6) is 0 Å². The molecule has 5 nitrogen and oxygen atoms in total. The number of carbonyl (C=O) groups excluding carboxylic acids is 1. The van der Waals surface area contributed by atoms with E-state index >= 15 is 0 Å². The summed E-state index contributed by atoms with van der Waals surface area (Å²) in [6.45, 7) is 0. The summed E-state index contributed by atoms with van der Waals surface area (Å²) in [5, 5.41) is 4.18. The lowest BCUT2D eigenvalue weighted by atomic mass is 10.1. The van der Waals surface area contributed by atoms with Crippen LogP contribution in [0.25, 0.3) is 10.6 Å². The summed E-state index contributed by atoms with van der Waals surface area (Å²) in [5.74, 6) is -0.616. The number of thiazole rings is 1. The number of amides is 1. The average molecular weight is 342 g/mol. The molecule has 7 heteroatoms. The van der Waals surface area contributed by atoms with Crippen LogP contribution in [-0.4, -0.2) is 21.9 Å². The highest BCUT2D eigenvalue weighted by atomic mass is 32.1. The molecule has 0 aliphatic heterocycles. The third-order valence-corrected chi connectivity index (χ3v) is 4.35. The molecule has 0 fully saturated rings. The molecule has 1 atom stereocenters. The predicted molar refractivity (Wildman–Crippen MR) is 92.1 cm³/mol. The lowest BCUT2D eigenvalue weighted by Crippen LogP contribution is -2.37. The molecule has 1 aromatic carbocycles. The maximum Gasteiger partial charge on any atom is 0.242 e. The van der Waals surface area contributed by atoms with Gasteiger partial charge in [-0.15, -0.1) is 0 Å². The molecule has 0 unspecified atom stereocenters. The summed E-state index contributed by atoms with van der Waals surface area (Å²) in [4.78, 5) is 20.4. The molecule has 0 radical (unpaired) electrons. The van der Waals surface area contributed by atoms with Crippen molar-refractivity contribution in [2.75, 3.05) is 5.32 Å². The Balaban J connectivity index is 1.62. The Hall–Kier alpha value is -2.64. The van der Waals surface area contributed by atoms with E-state index < -0.39 is 6.04 Å². The predicted octanol–water partition coefficient (Wildman–Crippen LogP) is 2.85. The number of benzene rings is 1. The zero-order valence-corrected chi connectivity index (χ0v) is 13.5. The quantitative estimate of drug-likeness (QED) is 0.747. The topological polar surface area (TPSA) is 80.9 Å². The molecule has 3 N–H and O–H groups in total. The molecule has 0 saturated heterocycles. The maximum absolute atomic E-state index is 12.9. The van der Waals surface area contributed by atoms with Gasteiger partial charge in [0.25, 0.3) is 0 Å². The van der Waals surface area contributed by atoms with Gasteiger partial charge in [0.2, 0.25) is 5.91 Å². The number of anilines is 1. The minimum absolute atomic E-state index is 0.302. The van der Waals surface area contributed by atoms with E-state index in [0.717, 1.165) is 16.1 Å². The van der Waals surface area contributed by atoms with Crippen LogP contribution in [0.3, 0.4) is 0 Å². The van der Waals surface area contributed by atoms with Crippen LogP contribution in [0.1, 0.15) is 5.56 Å². The second kappa shape index (κ2) is 7.29. The third kappa shape index (κ3) is 4.01. The summed E-state index contributed by atoms with van der Waals surface area (Å²) >= 11 is 1.36. The van der Waals surface area contributed by atoms with Crippen LogP contribution in [0, 0.1) is 5.82 Å². The van der Waals surface area contributed by atoms with Crippen LogP contribution in [0.15, 0.2) is 55.0 Å². The van der Waals surface area contributed by atoms with Crippen molar-refractivity contribution in [2.24, 2.45) is 5.73 Å². The molecular formula is C17H15FN4OS. The molecule has 0 spiro atoms. The fourth-order valence-electron chi connectivity index (χ4n) is 2.14. The van der Waals surface area contributed by atoms with Gasteiger partial charge in [-0.2, -0.15) is 0 Å². The van der Waals surface area contributed by atoms with Crippen molar-refractivity contribution < 1.29 is 9.18 Å². The van der Waals surface area contributed by atoms with E-state index in [-0.39, 0.29) is 11.7 Å². The Morgan fingerprint density at radius 2 is 1.92 bits per heavy atom. The van der Waals surface area contributed by atoms with Gasteiger partial charge in [0, 0.05) is 18.0 Å². The van der Waals surface area contributed by atoms with Gasteiger partial charge in [0.1, 0.15) is 15.8 Å². The zero-order valence-electron chi connectivity index (χ0n) is 12.6. The zero-order chi connectivity index (χ0) is 16.9. The SMILES string of the molecule is N[C@@H](Cc1ccc(F)cc1)C(=O)Nc1cnc(-c2ccncc2)s1. The Labute approximate surface area is 142 Å². The highest BCUT2D eigenvalue weighted by Crippen LogP contribution is 2.27. The van der Waals surface area contributed by atoms with Crippen molar-refractivity contribution in [3.8, 4) is 10.6 Å². The molecule has 0 aliphatic rings. The van der Waals surface area contributed by atoms with Gasteiger partial charge in [0.05, 0.1) is 12.2 Å². The van der Waals surface area contributed by atoms with Crippen LogP contribution in [0.2, 0.25) is 0 Å². The highest BCUT2D eigenvalue weighted by molar-refractivity contribution is 7.19. The van der Waals surface area contributed by atoms with Gasteiger partial charge in [-0.05, 0) is 36.2 Å². The van der Waals surface area contributed by atoms with Gasteiger partial charge in [-0.3, -0.25) is 9.78 Å². The number of pyridine rings is 1. The largest absolute Gasteiger partial charge is 0.320 e. The van der Waals surface area contributed by atoms with Gasteiger partial charge in [-0.25, -0.2) is 9.37 Å². The van der Waals surface area contributed by atoms with Crippen molar-refractivity contribution in [2.45, 2.75) is 12.5 Å². The first kappa shape index (κ1) is 16.2. The summed E-state index contributed by atoms with van der Waals surface area (Å²) in [5.41, 5.74) is 7.67. The number of nitrogens with two attached hydrogens (primary N) is 1. The van der Waals surface area contributed by atoms with Crippen molar-refractivity contribution in [3.63, 3.8) is 0 Å². The van der Waals surface area contributed by atoms with Gasteiger partial charge in [-0.1, -0.05) is 23.5 Å². The molecule has 3 rings (SSSR count). The number of aromatic nitrogens is 2. The van der Waals surface area contributed by atoms with E-state index in [1.54, 1.807) is 30.7 Å². The number of nitrogens with zero attached hydrogens (tertiary/aromatic N) is 2. The number of carbonyl (C=O) groups is 1. The number of hydrogen-bond donors (Lipinski definition) is 2. The Kier molecular flexibility index (Phi) is 4.93.